The Hall–Kier alpha value is -2.87. The predicted octanol–water partition coefficient (Wildman–Crippen LogP) is 3.12. The van der Waals surface area contributed by atoms with Crippen LogP contribution in [0.5, 0.6) is 5.75 Å². The van der Waals surface area contributed by atoms with Gasteiger partial charge in [-0.05, 0) is 30.5 Å². The highest BCUT2D eigenvalue weighted by molar-refractivity contribution is 6.32. The Labute approximate surface area is 159 Å². The largest absolute Gasteiger partial charge is 0.495 e. The minimum absolute atomic E-state index is 0.128. The quantitative estimate of drug-likeness (QED) is 0.663. The number of nitrogens with zero attached hydrogens (tertiary/aromatic N) is 3. The van der Waals surface area contributed by atoms with Crippen molar-refractivity contribution in [2.24, 2.45) is 0 Å². The lowest BCUT2D eigenvalue weighted by molar-refractivity contribution is -0.120. The number of amides is 1. The molecule has 2 heterocycles. The lowest BCUT2D eigenvalue weighted by atomic mass is 10.1. The highest BCUT2D eigenvalue weighted by Gasteiger charge is 2.28. The van der Waals surface area contributed by atoms with Crippen LogP contribution in [0.3, 0.4) is 0 Å². The van der Waals surface area contributed by atoms with Crippen LogP contribution in [0.2, 0.25) is 5.02 Å². The molecule has 1 N–H and O–H groups in total. The van der Waals surface area contributed by atoms with Gasteiger partial charge in [0.2, 0.25) is 17.6 Å². The number of nitrogens with one attached hydrogen (secondary N) is 1. The highest BCUT2D eigenvalue weighted by atomic mass is 35.5. The normalized spacial score (nSPS) is 13.6. The van der Waals surface area contributed by atoms with E-state index in [9.17, 15) is 4.79 Å². The second-order valence-corrected chi connectivity index (χ2v) is 6.73. The lowest BCUT2D eigenvalue weighted by Crippen LogP contribution is -2.24. The first-order valence-electron chi connectivity index (χ1n) is 8.51. The maximum absolute atomic E-state index is 12.1. The Morgan fingerprint density at radius 1 is 1.30 bits per heavy atom. The Balaban J connectivity index is 1.32. The summed E-state index contributed by atoms with van der Waals surface area (Å²) in [6.07, 6.45) is 2.42. The first kappa shape index (κ1) is 17.5. The van der Waals surface area contributed by atoms with E-state index in [0.29, 0.717) is 34.1 Å². The molecular formula is C18H17ClN4O4. The van der Waals surface area contributed by atoms with Crippen LogP contribution in [0.4, 0.5) is 0 Å². The molecule has 0 bridgehead atoms. The number of ether oxygens (including phenoxy) is 1. The van der Waals surface area contributed by atoms with E-state index in [1.54, 1.807) is 18.2 Å². The third-order valence-electron chi connectivity index (χ3n) is 4.22. The molecule has 2 aromatic heterocycles. The zero-order chi connectivity index (χ0) is 18.8. The Morgan fingerprint density at radius 2 is 2.15 bits per heavy atom. The highest BCUT2D eigenvalue weighted by Crippen LogP contribution is 2.40. The standard InChI is InChI=1S/C18H17ClN4O4/c1-25-14-5-2-10(6-12(14)19)7-16(24)20-9-17-21-18(23-27-17)13-8-15(26-22-13)11-3-4-11/h2,5-6,8,11H,3-4,7,9H2,1H3,(H,20,24). The van der Waals surface area contributed by atoms with Gasteiger partial charge in [-0.3, -0.25) is 4.79 Å². The fourth-order valence-electron chi connectivity index (χ4n) is 2.63. The molecule has 9 heteroatoms. The van der Waals surface area contributed by atoms with E-state index in [4.69, 9.17) is 25.4 Å². The average molecular weight is 389 g/mol. The van der Waals surface area contributed by atoms with Crippen molar-refractivity contribution >= 4 is 17.5 Å². The molecule has 4 rings (SSSR count). The number of aromatic nitrogens is 3. The van der Waals surface area contributed by atoms with Crippen LogP contribution in [0, 0.1) is 0 Å². The average Bonchev–Trinajstić information content (AvgIpc) is 3.19. The van der Waals surface area contributed by atoms with Gasteiger partial charge in [-0.25, -0.2) is 0 Å². The predicted molar refractivity (Wildman–Crippen MR) is 95.3 cm³/mol. The summed E-state index contributed by atoms with van der Waals surface area (Å²) < 4.78 is 15.5. The van der Waals surface area contributed by atoms with Gasteiger partial charge >= 0.3 is 0 Å². The van der Waals surface area contributed by atoms with Crippen LogP contribution >= 0.6 is 11.6 Å². The van der Waals surface area contributed by atoms with E-state index < -0.39 is 0 Å². The van der Waals surface area contributed by atoms with E-state index in [-0.39, 0.29) is 18.9 Å². The minimum atomic E-state index is -0.187. The van der Waals surface area contributed by atoms with Gasteiger partial charge in [-0.2, -0.15) is 4.98 Å². The SMILES string of the molecule is COc1ccc(CC(=O)NCc2nc(-c3cc(C4CC4)on3)no2)cc1Cl. The summed E-state index contributed by atoms with van der Waals surface area (Å²) in [6, 6.07) is 7.05. The van der Waals surface area contributed by atoms with Crippen LogP contribution in [-0.2, 0) is 17.8 Å². The number of benzene rings is 1. The number of carbonyl (C=O) groups is 1. The summed E-state index contributed by atoms with van der Waals surface area (Å²) in [5.74, 6) is 2.33. The van der Waals surface area contributed by atoms with E-state index in [1.807, 2.05) is 6.07 Å². The van der Waals surface area contributed by atoms with Gasteiger partial charge in [0.15, 0.2) is 5.69 Å². The molecule has 8 nitrogen and oxygen atoms in total. The topological polar surface area (TPSA) is 103 Å². The number of rotatable bonds is 7. The lowest BCUT2D eigenvalue weighted by Gasteiger charge is -2.06. The van der Waals surface area contributed by atoms with Gasteiger partial charge in [-0.15, -0.1) is 0 Å². The Kier molecular flexibility index (Phi) is 4.81. The van der Waals surface area contributed by atoms with Gasteiger partial charge in [-0.1, -0.05) is 28.0 Å². The summed E-state index contributed by atoms with van der Waals surface area (Å²) in [5, 5.41) is 11.0. The Bertz CT molecular complexity index is 964. The van der Waals surface area contributed by atoms with Crippen LogP contribution in [0.15, 0.2) is 33.3 Å². The van der Waals surface area contributed by atoms with Gasteiger partial charge < -0.3 is 19.1 Å². The molecule has 0 radical (unpaired) electrons. The van der Waals surface area contributed by atoms with Crippen molar-refractivity contribution in [2.45, 2.75) is 31.7 Å². The van der Waals surface area contributed by atoms with Crippen molar-refractivity contribution < 1.29 is 18.6 Å². The zero-order valence-electron chi connectivity index (χ0n) is 14.6. The molecule has 0 unspecified atom stereocenters. The first-order valence-corrected chi connectivity index (χ1v) is 8.89. The van der Waals surface area contributed by atoms with Crippen molar-refractivity contribution in [3.63, 3.8) is 0 Å². The molecule has 1 aliphatic carbocycles. The molecule has 0 saturated heterocycles. The summed E-state index contributed by atoms with van der Waals surface area (Å²) in [6.45, 7) is 0.128. The summed E-state index contributed by atoms with van der Waals surface area (Å²) in [7, 11) is 1.54. The maximum Gasteiger partial charge on any atom is 0.246 e. The number of hydrogen-bond acceptors (Lipinski definition) is 7. The zero-order valence-corrected chi connectivity index (χ0v) is 15.3. The fourth-order valence-corrected chi connectivity index (χ4v) is 2.91. The third-order valence-corrected chi connectivity index (χ3v) is 4.52. The monoisotopic (exact) mass is 388 g/mol. The van der Waals surface area contributed by atoms with Crippen LogP contribution in [-0.4, -0.2) is 28.3 Å². The van der Waals surface area contributed by atoms with Gasteiger partial charge in [0.05, 0.1) is 25.1 Å². The molecule has 3 aromatic rings. The van der Waals surface area contributed by atoms with Crippen LogP contribution in [0.1, 0.15) is 36.0 Å². The van der Waals surface area contributed by atoms with Crippen LogP contribution in [0.25, 0.3) is 11.5 Å². The smallest absolute Gasteiger partial charge is 0.246 e. The Morgan fingerprint density at radius 3 is 2.89 bits per heavy atom. The van der Waals surface area contributed by atoms with E-state index >= 15 is 0 Å². The van der Waals surface area contributed by atoms with Crippen molar-refractivity contribution in [3.05, 3.63) is 46.5 Å². The molecule has 1 amide bonds. The van der Waals surface area contributed by atoms with E-state index in [0.717, 1.165) is 24.2 Å². The van der Waals surface area contributed by atoms with E-state index in [1.165, 1.54) is 7.11 Å². The fraction of sp³-hybridized carbons (Fsp3) is 0.333. The van der Waals surface area contributed by atoms with Crippen molar-refractivity contribution in [1.82, 2.24) is 20.6 Å². The molecule has 140 valence electrons. The van der Waals surface area contributed by atoms with Crippen molar-refractivity contribution in [1.29, 1.82) is 0 Å². The second kappa shape index (κ2) is 7.40. The summed E-state index contributed by atoms with van der Waals surface area (Å²) in [5.41, 5.74) is 1.31. The molecule has 1 saturated carbocycles. The molecule has 1 aliphatic rings. The third kappa shape index (κ3) is 4.11. The van der Waals surface area contributed by atoms with Gasteiger partial charge in [0.1, 0.15) is 11.5 Å². The van der Waals surface area contributed by atoms with Gasteiger partial charge in [0.25, 0.3) is 0 Å². The number of halogens is 1. The maximum atomic E-state index is 12.1. The first-order chi connectivity index (χ1) is 13.1. The van der Waals surface area contributed by atoms with Crippen molar-refractivity contribution in [3.8, 4) is 17.3 Å². The minimum Gasteiger partial charge on any atom is -0.495 e. The molecule has 27 heavy (non-hydrogen) atoms. The molecular weight excluding hydrogens is 372 g/mol. The van der Waals surface area contributed by atoms with Crippen molar-refractivity contribution in [2.75, 3.05) is 7.11 Å². The van der Waals surface area contributed by atoms with Gasteiger partial charge in [0, 0.05) is 12.0 Å². The molecule has 0 aliphatic heterocycles. The number of carbonyl (C=O) groups excluding carboxylic acids is 1. The van der Waals surface area contributed by atoms with Crippen LogP contribution < -0.4 is 10.1 Å². The summed E-state index contributed by atoms with van der Waals surface area (Å²) >= 11 is 6.07. The molecule has 0 atom stereocenters. The van der Waals surface area contributed by atoms with E-state index in [2.05, 4.69) is 20.6 Å². The molecule has 1 aromatic carbocycles. The number of methoxy groups -OCH3 is 1. The molecule has 1 fully saturated rings. The summed E-state index contributed by atoms with van der Waals surface area (Å²) in [4.78, 5) is 16.3. The number of hydrogen-bond donors (Lipinski definition) is 1. The molecule has 0 spiro atoms. The second-order valence-electron chi connectivity index (χ2n) is 6.32.